The van der Waals surface area contributed by atoms with E-state index >= 15 is 0 Å². The number of hydrogen-bond acceptors (Lipinski definition) is 2. The first-order valence-electron chi connectivity index (χ1n) is 4.46. The Balaban J connectivity index is 2.24. The molecular weight excluding hydrogens is 182 g/mol. The number of benzene rings is 1. The highest BCUT2D eigenvalue weighted by Gasteiger charge is 2.32. The van der Waals surface area contributed by atoms with Crippen LogP contribution in [0.5, 0.6) is 0 Å². The zero-order valence-electron chi connectivity index (χ0n) is 7.22. The third-order valence-corrected chi connectivity index (χ3v) is 2.68. The first-order valence-corrected chi connectivity index (χ1v) is 5.16. The van der Waals surface area contributed by atoms with Gasteiger partial charge in [0.1, 0.15) is 0 Å². The van der Waals surface area contributed by atoms with Gasteiger partial charge < -0.3 is 0 Å². The van der Waals surface area contributed by atoms with E-state index in [4.69, 9.17) is 0 Å². The summed E-state index contributed by atoms with van der Waals surface area (Å²) in [6, 6.07) is 10.2. The van der Waals surface area contributed by atoms with Crippen molar-refractivity contribution in [2.75, 3.05) is 0 Å². The van der Waals surface area contributed by atoms with E-state index in [1.54, 1.807) is 0 Å². The molecule has 1 saturated carbocycles. The van der Waals surface area contributed by atoms with Crippen molar-refractivity contribution >= 4 is 11.5 Å². The first-order chi connectivity index (χ1) is 6.42. The fourth-order valence-electron chi connectivity index (χ4n) is 1.53. The molecule has 1 atom stereocenters. The third-order valence-electron chi connectivity index (χ3n) is 2.37. The monoisotopic (exact) mass is 193 g/mol. The number of nitrogens with zero attached hydrogens (tertiary/aromatic N) is 1. The molecule has 2 rings (SSSR count). The lowest BCUT2D eigenvalue weighted by Crippen LogP contribution is -1.96. The largest absolute Gasteiger partial charge is 0.200 e. The van der Waals surface area contributed by atoms with E-state index in [1.165, 1.54) is 18.4 Å². The van der Waals surface area contributed by atoms with Gasteiger partial charge in [-0.05, 0) is 24.3 Å². The highest BCUT2D eigenvalue weighted by atomic mass is 32.1. The summed E-state index contributed by atoms with van der Waals surface area (Å²) < 4.78 is 14.4. The van der Waals surface area contributed by atoms with E-state index in [1.807, 2.05) is 30.3 Å². The second-order valence-electron chi connectivity index (χ2n) is 3.37. The van der Waals surface area contributed by atoms with Crippen molar-refractivity contribution in [3.05, 3.63) is 35.9 Å². The van der Waals surface area contributed by atoms with Crippen LogP contribution >= 0.6 is 0 Å². The van der Waals surface area contributed by atoms with Crippen LogP contribution in [-0.4, -0.2) is 4.21 Å². The van der Waals surface area contributed by atoms with Gasteiger partial charge in [0.25, 0.3) is 0 Å². The van der Waals surface area contributed by atoms with Crippen molar-refractivity contribution in [2.24, 2.45) is 10.3 Å². The zero-order chi connectivity index (χ0) is 9.10. The van der Waals surface area contributed by atoms with E-state index in [0.29, 0.717) is 17.4 Å². The Hall–Kier alpha value is -0.960. The van der Waals surface area contributed by atoms with Gasteiger partial charge >= 0.3 is 0 Å². The Bertz CT molecular complexity index is 328. The minimum absolute atomic E-state index is 0.128. The van der Waals surface area contributed by atoms with Crippen LogP contribution in [0.1, 0.15) is 24.4 Å². The molecule has 68 valence electrons. The lowest BCUT2D eigenvalue weighted by molar-refractivity contribution is 0.635. The topological polar surface area (TPSA) is 29.4 Å². The SMILES string of the molecule is O=S=N[C@H](c1ccccc1)C1CC1. The van der Waals surface area contributed by atoms with Crippen LogP contribution in [0.15, 0.2) is 34.7 Å². The highest BCUT2D eigenvalue weighted by Crippen LogP contribution is 2.43. The molecule has 1 aliphatic carbocycles. The molecule has 2 nitrogen and oxygen atoms in total. The Labute approximate surface area is 81.2 Å². The van der Waals surface area contributed by atoms with Gasteiger partial charge in [-0.25, -0.2) is 0 Å². The minimum Gasteiger partial charge on any atom is -0.191 e. The Kier molecular flexibility index (Phi) is 2.54. The normalized spacial score (nSPS) is 17.8. The van der Waals surface area contributed by atoms with E-state index in [0.717, 1.165) is 0 Å². The van der Waals surface area contributed by atoms with Gasteiger partial charge in [0.2, 0.25) is 0 Å². The molecule has 3 heteroatoms. The minimum atomic E-state index is 0.128. The fraction of sp³-hybridized carbons (Fsp3) is 0.400. The van der Waals surface area contributed by atoms with Crippen LogP contribution < -0.4 is 0 Å². The van der Waals surface area contributed by atoms with Crippen LogP contribution in [0, 0.1) is 5.92 Å². The number of hydrogen-bond donors (Lipinski definition) is 0. The summed E-state index contributed by atoms with van der Waals surface area (Å²) in [4.78, 5) is 0. The molecule has 0 heterocycles. The molecule has 1 aliphatic rings. The Morgan fingerprint density at radius 2 is 2.00 bits per heavy atom. The Morgan fingerprint density at radius 3 is 2.54 bits per heavy atom. The summed E-state index contributed by atoms with van der Waals surface area (Å²) in [5.41, 5.74) is 1.17. The van der Waals surface area contributed by atoms with Crippen molar-refractivity contribution in [1.29, 1.82) is 0 Å². The average molecular weight is 193 g/mol. The molecule has 1 aromatic carbocycles. The van der Waals surface area contributed by atoms with Crippen molar-refractivity contribution in [2.45, 2.75) is 18.9 Å². The zero-order valence-corrected chi connectivity index (χ0v) is 8.04. The second kappa shape index (κ2) is 3.83. The highest BCUT2D eigenvalue weighted by molar-refractivity contribution is 7.54. The summed E-state index contributed by atoms with van der Waals surface area (Å²) in [5, 5.41) is 0. The molecule has 1 fully saturated rings. The fourth-order valence-corrected chi connectivity index (χ4v) is 1.91. The average Bonchev–Trinajstić information content (AvgIpc) is 2.99. The van der Waals surface area contributed by atoms with Crippen molar-refractivity contribution in [3.63, 3.8) is 0 Å². The summed E-state index contributed by atoms with van der Waals surface area (Å²) in [5.74, 6) is 0.615. The van der Waals surface area contributed by atoms with Crippen LogP contribution in [0.25, 0.3) is 0 Å². The van der Waals surface area contributed by atoms with Crippen molar-refractivity contribution in [1.82, 2.24) is 0 Å². The lowest BCUT2D eigenvalue weighted by Gasteiger charge is -2.08. The van der Waals surface area contributed by atoms with Gasteiger partial charge in [0.05, 0.1) is 6.04 Å². The molecule has 0 radical (unpaired) electrons. The van der Waals surface area contributed by atoms with Gasteiger partial charge in [-0.1, -0.05) is 30.3 Å². The predicted octanol–water partition coefficient (Wildman–Crippen LogP) is 2.53. The predicted molar refractivity (Wildman–Crippen MR) is 52.5 cm³/mol. The lowest BCUT2D eigenvalue weighted by atomic mass is 10.0. The summed E-state index contributed by atoms with van der Waals surface area (Å²) in [7, 11) is 0. The maximum absolute atomic E-state index is 10.4. The molecule has 0 unspecified atom stereocenters. The molecule has 0 amide bonds. The van der Waals surface area contributed by atoms with Crippen LogP contribution in [0.2, 0.25) is 0 Å². The van der Waals surface area contributed by atoms with Crippen LogP contribution in [0.4, 0.5) is 0 Å². The summed E-state index contributed by atoms with van der Waals surface area (Å²) in [6.45, 7) is 0. The molecular formula is C10H11NOS. The summed E-state index contributed by atoms with van der Waals surface area (Å²) in [6.07, 6.45) is 2.42. The number of rotatable bonds is 3. The molecule has 0 N–H and O–H groups in total. The van der Waals surface area contributed by atoms with Gasteiger partial charge in [0.15, 0.2) is 11.5 Å². The van der Waals surface area contributed by atoms with E-state index < -0.39 is 0 Å². The van der Waals surface area contributed by atoms with Gasteiger partial charge in [-0.3, -0.25) is 0 Å². The second-order valence-corrected chi connectivity index (χ2v) is 3.73. The van der Waals surface area contributed by atoms with Gasteiger partial charge in [-0.2, -0.15) is 8.57 Å². The smallest absolute Gasteiger partial charge is 0.191 e. The van der Waals surface area contributed by atoms with Crippen molar-refractivity contribution in [3.8, 4) is 0 Å². The van der Waals surface area contributed by atoms with E-state index in [9.17, 15) is 4.21 Å². The molecule has 0 aliphatic heterocycles. The molecule has 0 aromatic heterocycles. The van der Waals surface area contributed by atoms with Crippen LogP contribution in [-0.2, 0) is 11.5 Å². The quantitative estimate of drug-likeness (QED) is 0.725. The molecule has 1 aromatic rings. The molecule has 0 saturated heterocycles. The van der Waals surface area contributed by atoms with Crippen molar-refractivity contribution < 1.29 is 4.21 Å². The molecule has 0 spiro atoms. The molecule has 0 bridgehead atoms. The molecule has 13 heavy (non-hydrogen) atoms. The van der Waals surface area contributed by atoms with E-state index in [-0.39, 0.29) is 6.04 Å². The first kappa shape index (κ1) is 8.63. The maximum Gasteiger partial charge on any atom is 0.200 e. The van der Waals surface area contributed by atoms with E-state index in [2.05, 4.69) is 4.36 Å². The van der Waals surface area contributed by atoms with Crippen LogP contribution in [0.3, 0.4) is 0 Å². The summed E-state index contributed by atoms with van der Waals surface area (Å²) >= 11 is 0.348. The Morgan fingerprint density at radius 1 is 1.31 bits per heavy atom. The van der Waals surface area contributed by atoms with Gasteiger partial charge in [-0.15, -0.1) is 0 Å². The van der Waals surface area contributed by atoms with Gasteiger partial charge in [0, 0.05) is 0 Å². The standard InChI is InChI=1S/C10H11NOS/c12-13-11-10(9-6-7-9)8-4-2-1-3-5-8/h1-5,9-10H,6-7H2/t10-/m1/s1. The maximum atomic E-state index is 10.4. The third kappa shape index (κ3) is 2.04.